The molecule has 152 valence electrons. The lowest BCUT2D eigenvalue weighted by molar-refractivity contribution is -0.149. The molecular weight excluding hydrogens is 369 g/mol. The molecule has 1 aromatic heterocycles. The molecule has 2 aromatic rings. The number of halogens is 1. The third kappa shape index (κ3) is 6.98. The fraction of sp³-hybridized carbons (Fsp3) is 0.474. The van der Waals surface area contributed by atoms with Gasteiger partial charge in [0.15, 0.2) is 6.10 Å². The zero-order valence-electron chi connectivity index (χ0n) is 16.3. The quantitative estimate of drug-likeness (QED) is 0.564. The molecule has 0 fully saturated rings. The first-order valence-electron chi connectivity index (χ1n) is 8.90. The molecule has 9 heteroatoms. The molecular formula is C19H24FN3O5. The van der Waals surface area contributed by atoms with Crippen molar-refractivity contribution in [2.75, 3.05) is 6.54 Å². The average Bonchev–Trinajstić information content (AvgIpc) is 3.08. The predicted molar refractivity (Wildman–Crippen MR) is 97.7 cm³/mol. The van der Waals surface area contributed by atoms with Crippen molar-refractivity contribution in [1.82, 2.24) is 15.5 Å². The highest BCUT2D eigenvalue weighted by Gasteiger charge is 2.19. The van der Waals surface area contributed by atoms with E-state index < -0.39 is 23.8 Å². The van der Waals surface area contributed by atoms with Crippen LogP contribution in [0.3, 0.4) is 0 Å². The minimum atomic E-state index is -0.729. The summed E-state index contributed by atoms with van der Waals surface area (Å²) in [6.07, 6.45) is -0.754. The van der Waals surface area contributed by atoms with E-state index in [0.717, 1.165) is 0 Å². The average molecular weight is 393 g/mol. The third-order valence-electron chi connectivity index (χ3n) is 3.41. The van der Waals surface area contributed by atoms with Crippen molar-refractivity contribution < 1.29 is 27.9 Å². The van der Waals surface area contributed by atoms with Gasteiger partial charge in [-0.15, -0.1) is 10.2 Å². The smallest absolute Gasteiger partial charge is 0.407 e. The number of aromatic nitrogens is 2. The van der Waals surface area contributed by atoms with Crippen LogP contribution in [0.15, 0.2) is 28.7 Å². The van der Waals surface area contributed by atoms with Crippen LogP contribution in [0, 0.1) is 5.82 Å². The van der Waals surface area contributed by atoms with E-state index in [0.29, 0.717) is 12.0 Å². The van der Waals surface area contributed by atoms with Gasteiger partial charge in [0, 0.05) is 18.5 Å². The van der Waals surface area contributed by atoms with Crippen LogP contribution >= 0.6 is 0 Å². The van der Waals surface area contributed by atoms with Crippen LogP contribution in [0.1, 0.15) is 52.5 Å². The first kappa shape index (κ1) is 21.3. The predicted octanol–water partition coefficient (Wildman–Crippen LogP) is 3.78. The second kappa shape index (κ2) is 9.29. The molecule has 0 aliphatic carbocycles. The molecule has 8 nitrogen and oxygen atoms in total. The number of carbonyl (C=O) groups excluding carboxylic acids is 2. The summed E-state index contributed by atoms with van der Waals surface area (Å²) in [6.45, 7) is 7.20. The van der Waals surface area contributed by atoms with Crippen LogP contribution in [0.5, 0.6) is 0 Å². The SMILES string of the molecule is C[C@@H](OC(=O)CCCNC(=O)OC(C)(C)C)c1nnc(-c2ccc(F)cc2)o1. The molecule has 1 aromatic carbocycles. The fourth-order valence-corrected chi connectivity index (χ4v) is 2.15. The number of alkyl carbamates (subject to hydrolysis) is 1. The van der Waals surface area contributed by atoms with Crippen molar-refractivity contribution in [3.8, 4) is 11.5 Å². The van der Waals surface area contributed by atoms with Gasteiger partial charge >= 0.3 is 12.1 Å². The zero-order valence-corrected chi connectivity index (χ0v) is 16.3. The van der Waals surface area contributed by atoms with Crippen molar-refractivity contribution in [3.05, 3.63) is 36.0 Å². The van der Waals surface area contributed by atoms with E-state index in [1.54, 1.807) is 27.7 Å². The molecule has 0 aliphatic rings. The molecule has 0 saturated heterocycles. The lowest BCUT2D eigenvalue weighted by Gasteiger charge is -2.19. The van der Waals surface area contributed by atoms with Crippen molar-refractivity contribution in [2.24, 2.45) is 0 Å². The Morgan fingerprint density at radius 3 is 2.54 bits per heavy atom. The van der Waals surface area contributed by atoms with Gasteiger partial charge in [-0.1, -0.05) is 0 Å². The van der Waals surface area contributed by atoms with E-state index in [1.165, 1.54) is 24.3 Å². The number of hydrogen-bond donors (Lipinski definition) is 1. The summed E-state index contributed by atoms with van der Waals surface area (Å²) in [5, 5.41) is 10.3. The molecule has 0 unspecified atom stereocenters. The Morgan fingerprint density at radius 1 is 1.21 bits per heavy atom. The van der Waals surface area contributed by atoms with E-state index >= 15 is 0 Å². The van der Waals surface area contributed by atoms with Crippen LogP contribution in [-0.2, 0) is 14.3 Å². The van der Waals surface area contributed by atoms with Gasteiger partial charge in [-0.05, 0) is 58.4 Å². The summed E-state index contributed by atoms with van der Waals surface area (Å²) < 4.78 is 28.8. The van der Waals surface area contributed by atoms with Gasteiger partial charge in [0.1, 0.15) is 11.4 Å². The highest BCUT2D eigenvalue weighted by atomic mass is 19.1. The second-order valence-electron chi connectivity index (χ2n) is 7.12. The molecule has 1 atom stereocenters. The van der Waals surface area contributed by atoms with E-state index in [1.807, 2.05) is 0 Å². The number of nitrogens with zero attached hydrogens (tertiary/aromatic N) is 2. The summed E-state index contributed by atoms with van der Waals surface area (Å²) in [5.41, 5.74) is -0.0122. The molecule has 0 radical (unpaired) electrons. The first-order valence-corrected chi connectivity index (χ1v) is 8.90. The van der Waals surface area contributed by atoms with Crippen molar-refractivity contribution in [2.45, 2.75) is 52.2 Å². The standard InChI is InChI=1S/C19H24FN3O5/c1-12(16-22-23-17(27-16)13-7-9-14(20)10-8-13)26-15(24)6-5-11-21-18(25)28-19(2,3)4/h7-10,12H,5-6,11H2,1-4H3,(H,21,25)/t12-/m1/s1. The highest BCUT2D eigenvalue weighted by Crippen LogP contribution is 2.22. The van der Waals surface area contributed by atoms with Gasteiger partial charge in [-0.25, -0.2) is 9.18 Å². The topological polar surface area (TPSA) is 104 Å². The number of esters is 1. The third-order valence-corrected chi connectivity index (χ3v) is 3.41. The Hall–Kier alpha value is -2.97. The maximum Gasteiger partial charge on any atom is 0.407 e. The molecule has 1 amide bonds. The van der Waals surface area contributed by atoms with Gasteiger partial charge in [-0.2, -0.15) is 0 Å². The van der Waals surface area contributed by atoms with Crippen molar-refractivity contribution in [1.29, 1.82) is 0 Å². The summed E-state index contributed by atoms with van der Waals surface area (Å²) in [5.74, 6) is -0.481. The molecule has 0 bridgehead atoms. The lowest BCUT2D eigenvalue weighted by Crippen LogP contribution is -2.33. The number of ether oxygens (including phenoxy) is 2. The summed E-state index contributed by atoms with van der Waals surface area (Å²) in [4.78, 5) is 23.4. The number of carbonyl (C=O) groups is 2. The molecule has 0 saturated carbocycles. The maximum atomic E-state index is 13.0. The first-order chi connectivity index (χ1) is 13.1. The number of nitrogens with one attached hydrogen (secondary N) is 1. The molecule has 1 heterocycles. The van der Waals surface area contributed by atoms with Crippen LogP contribution < -0.4 is 5.32 Å². The number of amides is 1. The zero-order chi connectivity index (χ0) is 20.7. The summed E-state index contributed by atoms with van der Waals surface area (Å²) in [6, 6.07) is 5.60. The van der Waals surface area contributed by atoms with Crippen molar-refractivity contribution in [3.63, 3.8) is 0 Å². The van der Waals surface area contributed by atoms with Crippen LogP contribution in [0.4, 0.5) is 9.18 Å². The molecule has 1 N–H and O–H groups in total. The van der Waals surface area contributed by atoms with Crippen LogP contribution in [-0.4, -0.2) is 34.4 Å². The van der Waals surface area contributed by atoms with Crippen LogP contribution in [0.25, 0.3) is 11.5 Å². The molecule has 0 spiro atoms. The molecule has 2 rings (SSSR count). The van der Waals surface area contributed by atoms with Gasteiger partial charge in [0.25, 0.3) is 5.89 Å². The number of rotatable bonds is 7. The van der Waals surface area contributed by atoms with Gasteiger partial charge < -0.3 is 19.2 Å². The minimum Gasteiger partial charge on any atom is -0.453 e. The van der Waals surface area contributed by atoms with Gasteiger partial charge in [0.2, 0.25) is 5.89 Å². The number of hydrogen-bond acceptors (Lipinski definition) is 7. The Balaban J connectivity index is 1.75. The summed E-state index contributed by atoms with van der Waals surface area (Å²) >= 11 is 0. The Kier molecular flexibility index (Phi) is 7.08. The minimum absolute atomic E-state index is 0.110. The van der Waals surface area contributed by atoms with E-state index in [-0.39, 0.29) is 30.6 Å². The van der Waals surface area contributed by atoms with Gasteiger partial charge in [-0.3, -0.25) is 4.79 Å². The maximum absolute atomic E-state index is 13.0. The van der Waals surface area contributed by atoms with E-state index in [2.05, 4.69) is 15.5 Å². The monoisotopic (exact) mass is 393 g/mol. The Bertz CT molecular complexity index is 799. The fourth-order valence-electron chi connectivity index (χ4n) is 2.15. The van der Waals surface area contributed by atoms with Crippen LogP contribution in [0.2, 0.25) is 0 Å². The normalized spacial score (nSPS) is 12.3. The number of benzene rings is 1. The Labute approximate surface area is 162 Å². The Morgan fingerprint density at radius 2 is 1.89 bits per heavy atom. The van der Waals surface area contributed by atoms with Gasteiger partial charge in [0.05, 0.1) is 0 Å². The van der Waals surface area contributed by atoms with E-state index in [9.17, 15) is 14.0 Å². The second-order valence-corrected chi connectivity index (χ2v) is 7.12. The largest absolute Gasteiger partial charge is 0.453 e. The molecule has 28 heavy (non-hydrogen) atoms. The van der Waals surface area contributed by atoms with E-state index in [4.69, 9.17) is 13.9 Å². The molecule has 0 aliphatic heterocycles. The lowest BCUT2D eigenvalue weighted by atomic mass is 10.2. The summed E-state index contributed by atoms with van der Waals surface area (Å²) in [7, 11) is 0. The van der Waals surface area contributed by atoms with Crippen molar-refractivity contribution >= 4 is 12.1 Å². The highest BCUT2D eigenvalue weighted by molar-refractivity contribution is 5.70.